The summed E-state index contributed by atoms with van der Waals surface area (Å²) in [4.78, 5) is 23.7. The maximum atomic E-state index is 11.2. The van der Waals surface area contributed by atoms with E-state index in [4.69, 9.17) is 0 Å². The van der Waals surface area contributed by atoms with E-state index in [2.05, 4.69) is 0 Å². The third-order valence-electron chi connectivity index (χ3n) is 2.51. The summed E-state index contributed by atoms with van der Waals surface area (Å²) in [7, 11) is 0. The molecule has 1 aromatic rings. The van der Waals surface area contributed by atoms with E-state index < -0.39 is 0 Å². The number of likely N-dealkylation sites (tertiary alicyclic amines) is 1. The number of Topliss-reactive ketones (excluding diaryl/α,β-unsaturated/α-hetero) is 1. The van der Waals surface area contributed by atoms with Crippen LogP contribution >= 0.6 is 0 Å². The van der Waals surface area contributed by atoms with Crippen molar-refractivity contribution in [3.8, 4) is 0 Å². The predicted octanol–water partition coefficient (Wildman–Crippen LogP) is 0.986. The SMILES string of the molecule is CC1C(=O)C(=O)N1Cc1ccccc1. The highest BCUT2D eigenvalue weighted by Crippen LogP contribution is 2.18. The monoisotopic (exact) mass is 189 g/mol. The molecule has 72 valence electrons. The maximum Gasteiger partial charge on any atom is 0.293 e. The van der Waals surface area contributed by atoms with Gasteiger partial charge in [0.2, 0.25) is 5.78 Å². The summed E-state index contributed by atoms with van der Waals surface area (Å²) in [6.07, 6.45) is 0. The maximum absolute atomic E-state index is 11.2. The molecule has 3 nitrogen and oxygen atoms in total. The fourth-order valence-corrected chi connectivity index (χ4v) is 1.56. The summed E-state index contributed by atoms with van der Waals surface area (Å²) >= 11 is 0. The first-order chi connectivity index (χ1) is 6.70. The van der Waals surface area contributed by atoms with Crippen molar-refractivity contribution in [3.05, 3.63) is 35.9 Å². The highest BCUT2D eigenvalue weighted by molar-refractivity contribution is 6.44. The van der Waals surface area contributed by atoms with Gasteiger partial charge in [0.1, 0.15) is 0 Å². The minimum Gasteiger partial charge on any atom is -0.321 e. The van der Waals surface area contributed by atoms with Crippen molar-refractivity contribution < 1.29 is 9.59 Å². The zero-order chi connectivity index (χ0) is 10.1. The fraction of sp³-hybridized carbons (Fsp3) is 0.273. The highest BCUT2D eigenvalue weighted by atomic mass is 16.2. The lowest BCUT2D eigenvalue weighted by Gasteiger charge is -2.36. The van der Waals surface area contributed by atoms with Crippen LogP contribution in [0.1, 0.15) is 12.5 Å². The Hall–Kier alpha value is -1.64. The number of hydrogen-bond donors (Lipinski definition) is 0. The summed E-state index contributed by atoms with van der Waals surface area (Å²) < 4.78 is 0. The van der Waals surface area contributed by atoms with Crippen LogP contribution in [0.15, 0.2) is 30.3 Å². The van der Waals surface area contributed by atoms with Crippen molar-refractivity contribution in [1.82, 2.24) is 4.90 Å². The number of β-lactam (4-membered cyclic amide) rings is 1. The number of carbonyl (C=O) groups is 2. The number of rotatable bonds is 2. The van der Waals surface area contributed by atoms with Crippen molar-refractivity contribution in [3.63, 3.8) is 0 Å². The minimum absolute atomic E-state index is 0.247. The lowest BCUT2D eigenvalue weighted by Crippen LogP contribution is -2.59. The Kier molecular flexibility index (Phi) is 2.08. The Labute approximate surface area is 82.3 Å². The highest BCUT2D eigenvalue weighted by Gasteiger charge is 2.42. The normalized spacial score (nSPS) is 20.9. The summed E-state index contributed by atoms with van der Waals surface area (Å²) in [6, 6.07) is 9.42. The quantitative estimate of drug-likeness (QED) is 0.514. The molecule has 3 heteroatoms. The van der Waals surface area contributed by atoms with E-state index >= 15 is 0 Å². The van der Waals surface area contributed by atoms with Crippen molar-refractivity contribution in [2.75, 3.05) is 0 Å². The van der Waals surface area contributed by atoms with Crippen LogP contribution in [0.3, 0.4) is 0 Å². The van der Waals surface area contributed by atoms with E-state index in [9.17, 15) is 9.59 Å². The van der Waals surface area contributed by atoms with Gasteiger partial charge in [0, 0.05) is 6.54 Å². The Morgan fingerprint density at radius 3 is 2.43 bits per heavy atom. The number of hydrogen-bond acceptors (Lipinski definition) is 2. The van der Waals surface area contributed by atoms with Gasteiger partial charge in [-0.3, -0.25) is 9.59 Å². The third-order valence-corrected chi connectivity index (χ3v) is 2.51. The van der Waals surface area contributed by atoms with E-state index in [1.165, 1.54) is 0 Å². The van der Waals surface area contributed by atoms with E-state index in [1.54, 1.807) is 11.8 Å². The second kappa shape index (κ2) is 3.25. The molecular formula is C11H11NO2. The molecule has 1 aliphatic rings. The summed E-state index contributed by atoms with van der Waals surface area (Å²) in [5, 5.41) is 0. The molecule has 1 unspecified atom stereocenters. The van der Waals surface area contributed by atoms with Crippen LogP contribution in [0.4, 0.5) is 0 Å². The summed E-state index contributed by atoms with van der Waals surface area (Å²) in [6.45, 7) is 2.29. The second-order valence-corrected chi connectivity index (χ2v) is 3.46. The molecule has 1 saturated heterocycles. The Morgan fingerprint density at radius 2 is 1.86 bits per heavy atom. The summed E-state index contributed by atoms with van der Waals surface area (Å²) in [5.41, 5.74) is 1.06. The minimum atomic E-state index is -0.360. The van der Waals surface area contributed by atoms with Gasteiger partial charge in [-0.1, -0.05) is 30.3 Å². The molecule has 1 fully saturated rings. The van der Waals surface area contributed by atoms with Gasteiger partial charge in [-0.15, -0.1) is 0 Å². The molecule has 0 N–H and O–H groups in total. The van der Waals surface area contributed by atoms with Gasteiger partial charge < -0.3 is 4.90 Å². The predicted molar refractivity (Wildman–Crippen MR) is 51.5 cm³/mol. The van der Waals surface area contributed by atoms with Crippen LogP contribution in [0.5, 0.6) is 0 Å². The number of ketones is 1. The third kappa shape index (κ3) is 1.31. The van der Waals surface area contributed by atoms with Crippen molar-refractivity contribution in [2.24, 2.45) is 0 Å². The molecular weight excluding hydrogens is 178 g/mol. The molecule has 0 radical (unpaired) electrons. The zero-order valence-corrected chi connectivity index (χ0v) is 7.93. The standard InChI is InChI=1S/C11H11NO2/c1-8-10(13)11(14)12(8)7-9-5-3-2-4-6-9/h2-6,8H,7H2,1H3. The molecule has 0 aromatic heterocycles. The molecule has 0 saturated carbocycles. The van der Waals surface area contributed by atoms with Crippen LogP contribution < -0.4 is 0 Å². The lowest BCUT2D eigenvalue weighted by atomic mass is 10.0. The molecule has 0 aliphatic carbocycles. The van der Waals surface area contributed by atoms with Crippen molar-refractivity contribution >= 4 is 11.7 Å². The summed E-state index contributed by atoms with van der Waals surface area (Å²) in [5.74, 6) is -0.637. The lowest BCUT2D eigenvalue weighted by molar-refractivity contribution is -0.160. The average molecular weight is 189 g/mol. The van der Waals surface area contributed by atoms with Crippen LogP contribution in [0.25, 0.3) is 0 Å². The van der Waals surface area contributed by atoms with Gasteiger partial charge in [-0.05, 0) is 12.5 Å². The van der Waals surface area contributed by atoms with Crippen LogP contribution in [0.2, 0.25) is 0 Å². The Bertz CT molecular complexity index is 372. The molecule has 1 aromatic carbocycles. The molecule has 0 spiro atoms. The molecule has 2 rings (SSSR count). The zero-order valence-electron chi connectivity index (χ0n) is 7.93. The van der Waals surface area contributed by atoms with Gasteiger partial charge in [-0.25, -0.2) is 0 Å². The number of carbonyl (C=O) groups excluding carboxylic acids is 2. The fourth-order valence-electron chi connectivity index (χ4n) is 1.56. The molecule has 14 heavy (non-hydrogen) atoms. The van der Waals surface area contributed by atoms with Gasteiger partial charge in [0.25, 0.3) is 5.91 Å². The molecule has 1 atom stereocenters. The van der Waals surface area contributed by atoms with Crippen molar-refractivity contribution in [2.45, 2.75) is 19.5 Å². The first kappa shape index (κ1) is 8.94. The number of nitrogens with zero attached hydrogens (tertiary/aromatic N) is 1. The van der Waals surface area contributed by atoms with E-state index in [0.29, 0.717) is 6.54 Å². The average Bonchev–Trinajstić information content (AvgIpc) is 2.26. The van der Waals surface area contributed by atoms with Crippen LogP contribution in [-0.4, -0.2) is 22.6 Å². The van der Waals surface area contributed by atoms with Crippen LogP contribution in [0, 0.1) is 0 Å². The Balaban J connectivity index is 2.07. The first-order valence-electron chi connectivity index (χ1n) is 4.59. The first-order valence-corrected chi connectivity index (χ1v) is 4.59. The van der Waals surface area contributed by atoms with Gasteiger partial charge >= 0.3 is 0 Å². The second-order valence-electron chi connectivity index (χ2n) is 3.46. The van der Waals surface area contributed by atoms with E-state index in [-0.39, 0.29) is 17.7 Å². The van der Waals surface area contributed by atoms with E-state index in [1.807, 2.05) is 30.3 Å². The molecule has 0 bridgehead atoms. The largest absolute Gasteiger partial charge is 0.321 e. The Morgan fingerprint density at radius 1 is 1.21 bits per heavy atom. The smallest absolute Gasteiger partial charge is 0.293 e. The van der Waals surface area contributed by atoms with Crippen molar-refractivity contribution in [1.29, 1.82) is 0 Å². The van der Waals surface area contributed by atoms with E-state index in [0.717, 1.165) is 5.56 Å². The van der Waals surface area contributed by atoms with Gasteiger partial charge in [0.15, 0.2) is 0 Å². The molecule has 1 amide bonds. The number of benzene rings is 1. The number of amides is 1. The van der Waals surface area contributed by atoms with Crippen LogP contribution in [-0.2, 0) is 16.1 Å². The molecule has 1 heterocycles. The van der Waals surface area contributed by atoms with Gasteiger partial charge in [-0.2, -0.15) is 0 Å². The topological polar surface area (TPSA) is 37.4 Å². The molecule has 1 aliphatic heterocycles. The van der Waals surface area contributed by atoms with Gasteiger partial charge in [0.05, 0.1) is 6.04 Å².